The maximum Gasteiger partial charge on any atom is 0.341 e. The number of phenolic OH excluding ortho intramolecular Hbond substituents is 1. The first-order valence-corrected chi connectivity index (χ1v) is 4.79. The van der Waals surface area contributed by atoms with E-state index in [4.69, 9.17) is 17.2 Å². The van der Waals surface area contributed by atoms with E-state index in [9.17, 15) is 9.90 Å². The van der Waals surface area contributed by atoms with Crippen molar-refractivity contribution in [1.82, 2.24) is 0 Å². The second kappa shape index (κ2) is 5.53. The summed E-state index contributed by atoms with van der Waals surface area (Å²) in [6.07, 6.45) is 0. The fraction of sp³-hybridized carbons (Fsp3) is 0.100. The number of carbonyl (C=O) groups excluding carboxylic acids is 1. The van der Waals surface area contributed by atoms with Crippen LogP contribution in [0, 0.1) is 0 Å². The van der Waals surface area contributed by atoms with Crippen molar-refractivity contribution < 1.29 is 14.6 Å². The predicted octanol–water partition coefficient (Wildman–Crippen LogP) is -0.602. The van der Waals surface area contributed by atoms with Crippen molar-refractivity contribution in [2.24, 2.45) is 27.2 Å². The molecule has 0 radical (unpaired) electrons. The van der Waals surface area contributed by atoms with Crippen molar-refractivity contribution in [3.8, 4) is 5.75 Å². The molecule has 0 aliphatic carbocycles. The minimum atomic E-state index is -0.690. The molecule has 8 heteroatoms. The number of esters is 1. The zero-order valence-electron chi connectivity index (χ0n) is 9.62. The monoisotopic (exact) mass is 251 g/mol. The molecule has 0 spiro atoms. The molecule has 0 atom stereocenters. The molecule has 96 valence electrons. The zero-order valence-corrected chi connectivity index (χ0v) is 9.62. The number of carbonyl (C=O) groups is 1. The molecule has 0 bridgehead atoms. The van der Waals surface area contributed by atoms with Gasteiger partial charge in [-0.25, -0.2) is 9.79 Å². The predicted molar refractivity (Wildman–Crippen MR) is 66.5 cm³/mol. The number of nitrogens with two attached hydrogens (primary N) is 3. The standard InChI is InChI=1S/C10H13N5O3/c1-18-8(17)5-3-2-4-6(7(5)16)14-10(13)15-9(11)12/h2-4,16H,1H3,(H6,11,12,13,14,15). The van der Waals surface area contributed by atoms with Gasteiger partial charge in [-0.3, -0.25) is 0 Å². The first-order valence-electron chi connectivity index (χ1n) is 4.79. The summed E-state index contributed by atoms with van der Waals surface area (Å²) in [7, 11) is 1.20. The van der Waals surface area contributed by atoms with Crippen LogP contribution in [-0.4, -0.2) is 30.1 Å². The van der Waals surface area contributed by atoms with Crippen LogP contribution in [0.5, 0.6) is 5.75 Å². The van der Waals surface area contributed by atoms with Crippen LogP contribution in [0.1, 0.15) is 10.4 Å². The molecule has 7 N–H and O–H groups in total. The molecule has 0 fully saturated rings. The number of para-hydroxylation sites is 1. The Morgan fingerprint density at radius 3 is 2.56 bits per heavy atom. The van der Waals surface area contributed by atoms with Crippen molar-refractivity contribution in [3.05, 3.63) is 23.8 Å². The van der Waals surface area contributed by atoms with E-state index >= 15 is 0 Å². The van der Waals surface area contributed by atoms with E-state index in [1.807, 2.05) is 0 Å². The SMILES string of the molecule is COC(=O)c1cccc(N=C(N)N=C(N)N)c1O. The van der Waals surface area contributed by atoms with Crippen LogP contribution in [0.15, 0.2) is 28.2 Å². The Hall–Kier alpha value is -2.77. The summed E-state index contributed by atoms with van der Waals surface area (Å²) in [5.74, 6) is -1.56. The molecule has 0 aliphatic rings. The molecule has 0 saturated heterocycles. The van der Waals surface area contributed by atoms with Gasteiger partial charge >= 0.3 is 5.97 Å². The number of ether oxygens (including phenoxy) is 1. The van der Waals surface area contributed by atoms with Crippen LogP contribution in [0.3, 0.4) is 0 Å². The van der Waals surface area contributed by atoms with Gasteiger partial charge in [-0.05, 0) is 12.1 Å². The van der Waals surface area contributed by atoms with Gasteiger partial charge in [0.1, 0.15) is 11.3 Å². The van der Waals surface area contributed by atoms with Crippen LogP contribution in [0.4, 0.5) is 5.69 Å². The molecule has 0 aromatic heterocycles. The van der Waals surface area contributed by atoms with Gasteiger partial charge in [0.05, 0.1) is 7.11 Å². The van der Waals surface area contributed by atoms with Crippen LogP contribution >= 0.6 is 0 Å². The molecule has 1 rings (SSSR count). The molecular formula is C10H13N5O3. The summed E-state index contributed by atoms with van der Waals surface area (Å²) in [6, 6.07) is 4.33. The number of guanidine groups is 2. The van der Waals surface area contributed by atoms with Gasteiger partial charge < -0.3 is 27.0 Å². The fourth-order valence-electron chi connectivity index (χ4n) is 1.18. The van der Waals surface area contributed by atoms with E-state index in [0.717, 1.165) is 0 Å². The molecule has 0 heterocycles. The van der Waals surface area contributed by atoms with Crippen LogP contribution in [0.2, 0.25) is 0 Å². The molecule has 0 saturated carbocycles. The highest BCUT2D eigenvalue weighted by Crippen LogP contribution is 2.30. The Bertz CT molecular complexity index is 520. The highest BCUT2D eigenvalue weighted by Gasteiger charge is 2.14. The summed E-state index contributed by atoms with van der Waals surface area (Å²) in [6.45, 7) is 0. The first kappa shape index (κ1) is 13.3. The Balaban J connectivity index is 3.20. The lowest BCUT2D eigenvalue weighted by Gasteiger charge is -2.04. The van der Waals surface area contributed by atoms with Crippen LogP contribution in [0.25, 0.3) is 0 Å². The summed E-state index contributed by atoms with van der Waals surface area (Å²) in [5.41, 5.74) is 15.7. The maximum absolute atomic E-state index is 11.3. The number of hydrogen-bond donors (Lipinski definition) is 4. The van der Waals surface area contributed by atoms with Gasteiger partial charge in [0.15, 0.2) is 11.7 Å². The van der Waals surface area contributed by atoms with E-state index in [-0.39, 0.29) is 28.9 Å². The van der Waals surface area contributed by atoms with E-state index in [1.54, 1.807) is 0 Å². The topological polar surface area (TPSA) is 149 Å². The van der Waals surface area contributed by atoms with Gasteiger partial charge in [-0.15, -0.1) is 0 Å². The highest BCUT2D eigenvalue weighted by molar-refractivity contribution is 5.96. The molecule has 8 nitrogen and oxygen atoms in total. The third-order valence-corrected chi connectivity index (χ3v) is 1.90. The minimum absolute atomic E-state index is 0.0312. The minimum Gasteiger partial charge on any atom is -0.505 e. The van der Waals surface area contributed by atoms with Gasteiger partial charge in [0.2, 0.25) is 5.96 Å². The maximum atomic E-state index is 11.3. The number of aliphatic imine (C=N–C) groups is 2. The van der Waals surface area contributed by atoms with Gasteiger partial charge in [0, 0.05) is 0 Å². The zero-order chi connectivity index (χ0) is 13.7. The number of phenols is 1. The van der Waals surface area contributed by atoms with E-state index in [2.05, 4.69) is 14.7 Å². The Morgan fingerprint density at radius 1 is 1.33 bits per heavy atom. The van der Waals surface area contributed by atoms with Gasteiger partial charge in [-0.2, -0.15) is 4.99 Å². The normalized spacial score (nSPS) is 10.8. The number of rotatable bonds is 2. The molecule has 0 aliphatic heterocycles. The average molecular weight is 251 g/mol. The number of hydrogen-bond acceptors (Lipinski definition) is 4. The first-order chi connectivity index (χ1) is 8.45. The van der Waals surface area contributed by atoms with Crippen molar-refractivity contribution in [1.29, 1.82) is 0 Å². The second-order valence-corrected chi connectivity index (χ2v) is 3.17. The largest absolute Gasteiger partial charge is 0.505 e. The van der Waals surface area contributed by atoms with Crippen LogP contribution < -0.4 is 17.2 Å². The number of aromatic hydroxyl groups is 1. The number of methoxy groups -OCH3 is 1. The molecule has 0 amide bonds. The molecule has 1 aromatic carbocycles. The third-order valence-electron chi connectivity index (χ3n) is 1.90. The van der Waals surface area contributed by atoms with Crippen LogP contribution in [-0.2, 0) is 4.74 Å². The number of nitrogens with zero attached hydrogens (tertiary/aromatic N) is 2. The highest BCUT2D eigenvalue weighted by atomic mass is 16.5. The van der Waals surface area contributed by atoms with E-state index < -0.39 is 5.97 Å². The fourth-order valence-corrected chi connectivity index (χ4v) is 1.18. The summed E-state index contributed by atoms with van der Waals surface area (Å²) < 4.78 is 4.50. The Morgan fingerprint density at radius 2 is 2.00 bits per heavy atom. The molecule has 18 heavy (non-hydrogen) atoms. The summed E-state index contributed by atoms with van der Waals surface area (Å²) in [4.78, 5) is 18.6. The third kappa shape index (κ3) is 3.11. The van der Waals surface area contributed by atoms with Crippen molar-refractivity contribution in [3.63, 3.8) is 0 Å². The lowest BCUT2D eigenvalue weighted by molar-refractivity contribution is 0.0597. The quantitative estimate of drug-likeness (QED) is 0.313. The summed E-state index contributed by atoms with van der Waals surface area (Å²) >= 11 is 0. The summed E-state index contributed by atoms with van der Waals surface area (Å²) in [5, 5.41) is 9.80. The molecule has 1 aromatic rings. The molecule has 0 unspecified atom stereocenters. The average Bonchev–Trinajstić information content (AvgIpc) is 2.30. The van der Waals surface area contributed by atoms with E-state index in [0.29, 0.717) is 0 Å². The van der Waals surface area contributed by atoms with Gasteiger partial charge in [0.25, 0.3) is 0 Å². The van der Waals surface area contributed by atoms with Crippen molar-refractivity contribution in [2.75, 3.05) is 7.11 Å². The van der Waals surface area contributed by atoms with Crippen molar-refractivity contribution >= 4 is 23.6 Å². The second-order valence-electron chi connectivity index (χ2n) is 3.17. The van der Waals surface area contributed by atoms with Crippen molar-refractivity contribution in [2.45, 2.75) is 0 Å². The van der Waals surface area contributed by atoms with Gasteiger partial charge in [-0.1, -0.05) is 6.07 Å². The van der Waals surface area contributed by atoms with E-state index in [1.165, 1.54) is 25.3 Å². The Kier molecular flexibility index (Phi) is 4.08. The lowest BCUT2D eigenvalue weighted by Crippen LogP contribution is -2.26. The Labute approximate surface area is 103 Å². The molecular weight excluding hydrogens is 238 g/mol. The smallest absolute Gasteiger partial charge is 0.341 e. The lowest BCUT2D eigenvalue weighted by atomic mass is 10.2. The number of benzene rings is 1.